The third-order valence-corrected chi connectivity index (χ3v) is 2.13. The zero-order valence-electron chi connectivity index (χ0n) is 6.16. The number of aliphatic hydroxyl groups is 1. The molecule has 1 fully saturated rings. The van der Waals surface area contributed by atoms with Gasteiger partial charge in [0.15, 0.2) is 5.84 Å². The maximum Gasteiger partial charge on any atom is 0.225 e. The molecule has 0 aliphatic carbocycles. The molecule has 0 aromatic heterocycles. The van der Waals surface area contributed by atoms with Gasteiger partial charge in [-0.2, -0.15) is 0 Å². The summed E-state index contributed by atoms with van der Waals surface area (Å²) in [6.45, 7) is 2.31. The average molecular weight is 154 g/mol. The molecule has 4 nitrogen and oxygen atoms in total. The summed E-state index contributed by atoms with van der Waals surface area (Å²) >= 11 is 0. The summed E-state index contributed by atoms with van der Waals surface area (Å²) in [5.41, 5.74) is 0. The highest BCUT2D eigenvalue weighted by Crippen LogP contribution is 2.13. The molecule has 0 aromatic rings. The molecule has 1 unspecified atom stereocenters. The first-order chi connectivity index (χ1) is 5.29. The number of piperidine rings is 1. The Kier molecular flexibility index (Phi) is 1.42. The molecule has 2 heterocycles. The van der Waals surface area contributed by atoms with Crippen molar-refractivity contribution in [1.29, 1.82) is 0 Å². The van der Waals surface area contributed by atoms with Crippen molar-refractivity contribution in [3.8, 4) is 0 Å². The first kappa shape index (κ1) is 6.79. The Morgan fingerprint density at radius 1 is 1.55 bits per heavy atom. The van der Waals surface area contributed by atoms with Gasteiger partial charge in [0, 0.05) is 13.1 Å². The van der Waals surface area contributed by atoms with Gasteiger partial charge < -0.3 is 10.0 Å². The van der Waals surface area contributed by atoms with Crippen molar-refractivity contribution in [2.75, 3.05) is 19.6 Å². The lowest BCUT2D eigenvalue weighted by molar-refractivity contribution is -0.122. The lowest BCUT2D eigenvalue weighted by Gasteiger charge is -2.26. The molecule has 0 radical (unpaired) electrons. The van der Waals surface area contributed by atoms with Gasteiger partial charge in [0.25, 0.3) is 0 Å². The monoisotopic (exact) mass is 154 g/mol. The third kappa shape index (κ3) is 0.939. The Hall–Kier alpha value is -0.900. The van der Waals surface area contributed by atoms with Crippen molar-refractivity contribution in [3.05, 3.63) is 0 Å². The summed E-state index contributed by atoms with van der Waals surface area (Å²) in [5, 5.41) is 9.17. The van der Waals surface area contributed by atoms with Crippen LogP contribution in [0.3, 0.4) is 0 Å². The number of aliphatic hydroxyl groups excluding tert-OH is 1. The quantitative estimate of drug-likeness (QED) is 0.488. The van der Waals surface area contributed by atoms with Gasteiger partial charge in [-0.25, -0.2) is 0 Å². The van der Waals surface area contributed by atoms with Crippen LogP contribution in [0.1, 0.15) is 6.42 Å². The molecular weight excluding hydrogens is 144 g/mol. The van der Waals surface area contributed by atoms with Gasteiger partial charge in [0.05, 0.1) is 6.54 Å². The molecule has 1 saturated heterocycles. The van der Waals surface area contributed by atoms with E-state index in [0.29, 0.717) is 18.8 Å². The van der Waals surface area contributed by atoms with Crippen LogP contribution in [0.4, 0.5) is 0 Å². The van der Waals surface area contributed by atoms with Crippen LogP contribution in [0, 0.1) is 0 Å². The van der Waals surface area contributed by atoms with E-state index in [-0.39, 0.29) is 5.78 Å². The lowest BCUT2D eigenvalue weighted by Crippen LogP contribution is -2.46. The second-order valence-electron chi connectivity index (χ2n) is 2.86. The van der Waals surface area contributed by atoms with Crippen LogP contribution in [0.5, 0.6) is 0 Å². The number of aliphatic imine (C=N–C) groups is 1. The number of carbonyl (C=O) groups excluding carboxylic acids is 1. The van der Waals surface area contributed by atoms with Gasteiger partial charge in [0.1, 0.15) is 6.10 Å². The smallest absolute Gasteiger partial charge is 0.225 e. The molecule has 1 N–H and O–H groups in total. The average Bonchev–Trinajstić information content (AvgIpc) is 2.45. The summed E-state index contributed by atoms with van der Waals surface area (Å²) in [4.78, 5) is 17.1. The lowest BCUT2D eigenvalue weighted by atomic mass is 10.1. The number of nitrogens with zero attached hydrogens (tertiary/aromatic N) is 2. The Morgan fingerprint density at radius 2 is 2.36 bits per heavy atom. The normalized spacial score (nSPS) is 30.3. The van der Waals surface area contributed by atoms with Crippen molar-refractivity contribution < 1.29 is 9.90 Å². The summed E-state index contributed by atoms with van der Waals surface area (Å²) in [5.74, 6) is 0.289. The molecule has 2 aliphatic heterocycles. The predicted octanol–water partition coefficient (Wildman–Crippen LogP) is -0.966. The molecule has 60 valence electrons. The summed E-state index contributed by atoms with van der Waals surface area (Å²) in [6, 6.07) is 0. The van der Waals surface area contributed by atoms with Crippen LogP contribution >= 0.6 is 0 Å². The van der Waals surface area contributed by atoms with Crippen molar-refractivity contribution in [2.45, 2.75) is 12.5 Å². The largest absolute Gasteiger partial charge is 0.385 e. The number of hydrogen-bond donors (Lipinski definition) is 1. The third-order valence-electron chi connectivity index (χ3n) is 2.13. The molecule has 0 spiro atoms. The van der Waals surface area contributed by atoms with Gasteiger partial charge in [-0.05, 0) is 6.42 Å². The van der Waals surface area contributed by atoms with E-state index in [0.717, 1.165) is 13.1 Å². The maximum absolute atomic E-state index is 11.2. The van der Waals surface area contributed by atoms with Crippen molar-refractivity contribution in [3.63, 3.8) is 0 Å². The van der Waals surface area contributed by atoms with Crippen LogP contribution in [0.2, 0.25) is 0 Å². The zero-order chi connectivity index (χ0) is 7.84. The molecule has 0 saturated carbocycles. The molecule has 2 aliphatic rings. The van der Waals surface area contributed by atoms with Crippen molar-refractivity contribution >= 4 is 11.6 Å². The highest BCUT2D eigenvalue weighted by atomic mass is 16.3. The van der Waals surface area contributed by atoms with E-state index in [1.807, 2.05) is 4.90 Å². The van der Waals surface area contributed by atoms with Crippen LogP contribution < -0.4 is 0 Å². The maximum atomic E-state index is 11.2. The Morgan fingerprint density at radius 3 is 3.18 bits per heavy atom. The minimum atomic E-state index is -0.803. The molecule has 11 heavy (non-hydrogen) atoms. The van der Waals surface area contributed by atoms with E-state index < -0.39 is 6.10 Å². The van der Waals surface area contributed by atoms with Crippen molar-refractivity contribution in [1.82, 2.24) is 4.90 Å². The van der Waals surface area contributed by atoms with E-state index in [9.17, 15) is 4.79 Å². The Labute approximate surface area is 64.5 Å². The number of Topliss-reactive ketones (excluding diaryl/α,β-unsaturated/α-hetero) is 1. The van der Waals surface area contributed by atoms with Gasteiger partial charge in [0.2, 0.25) is 5.78 Å². The van der Waals surface area contributed by atoms with Crippen LogP contribution in [-0.4, -0.2) is 47.4 Å². The standard InChI is InChI=1S/C7H10N2O2/c10-5-1-3-9-4-2-8-7(9)6(5)11/h5,10H,1-4H2. The number of rotatable bonds is 0. The fourth-order valence-electron chi connectivity index (χ4n) is 1.49. The summed E-state index contributed by atoms with van der Waals surface area (Å²) in [6.07, 6.45) is -0.249. The molecule has 1 atom stereocenters. The minimum Gasteiger partial charge on any atom is -0.385 e. The number of fused-ring (bicyclic) bond motifs is 1. The van der Waals surface area contributed by atoms with E-state index in [1.54, 1.807) is 0 Å². The van der Waals surface area contributed by atoms with Crippen LogP contribution in [0.25, 0.3) is 0 Å². The van der Waals surface area contributed by atoms with E-state index in [1.165, 1.54) is 0 Å². The van der Waals surface area contributed by atoms with Gasteiger partial charge in [-0.1, -0.05) is 0 Å². The van der Waals surface area contributed by atoms with Gasteiger partial charge in [-0.3, -0.25) is 9.79 Å². The topological polar surface area (TPSA) is 52.9 Å². The van der Waals surface area contributed by atoms with Gasteiger partial charge >= 0.3 is 0 Å². The van der Waals surface area contributed by atoms with Crippen molar-refractivity contribution in [2.24, 2.45) is 4.99 Å². The molecule has 0 aromatic carbocycles. The number of ketones is 1. The predicted molar refractivity (Wildman–Crippen MR) is 39.5 cm³/mol. The van der Waals surface area contributed by atoms with Crippen LogP contribution in [-0.2, 0) is 4.79 Å². The van der Waals surface area contributed by atoms with E-state index in [4.69, 9.17) is 5.11 Å². The first-order valence-electron chi connectivity index (χ1n) is 3.81. The first-order valence-corrected chi connectivity index (χ1v) is 3.81. The van der Waals surface area contributed by atoms with Gasteiger partial charge in [-0.15, -0.1) is 0 Å². The second kappa shape index (κ2) is 2.30. The fraction of sp³-hybridized carbons (Fsp3) is 0.714. The molecule has 2 rings (SSSR count). The van der Waals surface area contributed by atoms with E-state index in [2.05, 4.69) is 4.99 Å². The highest BCUT2D eigenvalue weighted by Gasteiger charge is 2.33. The Bertz CT molecular complexity index is 224. The zero-order valence-corrected chi connectivity index (χ0v) is 6.16. The highest BCUT2D eigenvalue weighted by molar-refractivity contribution is 6.41. The molecule has 4 heteroatoms. The number of amidine groups is 1. The second-order valence-corrected chi connectivity index (χ2v) is 2.86. The van der Waals surface area contributed by atoms with Crippen LogP contribution in [0.15, 0.2) is 4.99 Å². The SMILES string of the molecule is O=C1C2=NCCN2CCC1O. The fourth-order valence-corrected chi connectivity index (χ4v) is 1.49. The molecule has 0 amide bonds. The summed E-state index contributed by atoms with van der Waals surface area (Å²) in [7, 11) is 0. The summed E-state index contributed by atoms with van der Waals surface area (Å²) < 4.78 is 0. The number of carbonyl (C=O) groups is 1. The molecular formula is C7H10N2O2. The number of hydrogen-bond acceptors (Lipinski definition) is 4. The van der Waals surface area contributed by atoms with E-state index >= 15 is 0 Å². The molecule has 0 bridgehead atoms. The Balaban J connectivity index is 2.23. The minimum absolute atomic E-state index is 0.200.